The third-order valence-electron chi connectivity index (χ3n) is 3.94. The summed E-state index contributed by atoms with van der Waals surface area (Å²) in [4.78, 5) is 8.96. The molecule has 0 unspecified atom stereocenters. The molecule has 0 spiro atoms. The molecule has 1 aliphatic carbocycles. The molecular weight excluding hydrogens is 264 g/mol. The molecule has 3 heterocycles. The number of aromatic amines is 1. The second-order valence-corrected chi connectivity index (χ2v) is 5.43. The van der Waals surface area contributed by atoms with Gasteiger partial charge >= 0.3 is 0 Å². The van der Waals surface area contributed by atoms with Crippen molar-refractivity contribution in [3.63, 3.8) is 0 Å². The normalized spacial score (nSPS) is 15.0. The fraction of sp³-hybridized carbons (Fsp3) is 0.267. The number of rotatable bonds is 3. The van der Waals surface area contributed by atoms with Crippen LogP contribution in [0.5, 0.6) is 0 Å². The predicted molar refractivity (Wildman–Crippen MR) is 82.8 cm³/mol. The second kappa shape index (κ2) is 4.73. The molecule has 0 saturated heterocycles. The van der Waals surface area contributed by atoms with Crippen LogP contribution in [0.4, 0.5) is 11.5 Å². The van der Waals surface area contributed by atoms with Crippen LogP contribution in [-0.4, -0.2) is 26.2 Å². The standard InChI is InChI=1S/C15H16N6/c16-14-7-13(19-10-2-1-3-10)15-12(20-14)6-9(8-17-15)11-4-5-18-21-11/h4-8,10H,1-3H2,(H,18,21)(H3,16,19,20). The van der Waals surface area contributed by atoms with Crippen molar-refractivity contribution >= 4 is 22.5 Å². The number of nitrogens with zero attached hydrogens (tertiary/aromatic N) is 3. The zero-order valence-corrected chi connectivity index (χ0v) is 11.5. The third kappa shape index (κ3) is 2.18. The van der Waals surface area contributed by atoms with Crippen LogP contribution in [0.3, 0.4) is 0 Å². The minimum atomic E-state index is 0.507. The molecule has 0 amide bonds. The van der Waals surface area contributed by atoms with Gasteiger partial charge in [0.05, 0.1) is 16.9 Å². The van der Waals surface area contributed by atoms with Gasteiger partial charge in [-0.15, -0.1) is 0 Å². The first-order chi connectivity index (χ1) is 10.3. The Kier molecular flexibility index (Phi) is 2.73. The van der Waals surface area contributed by atoms with Crippen LogP contribution in [0, 0.1) is 0 Å². The van der Waals surface area contributed by atoms with E-state index in [2.05, 4.69) is 25.5 Å². The zero-order valence-electron chi connectivity index (χ0n) is 11.5. The molecule has 6 nitrogen and oxygen atoms in total. The van der Waals surface area contributed by atoms with Gasteiger partial charge in [0.1, 0.15) is 11.3 Å². The quantitative estimate of drug-likeness (QED) is 0.685. The van der Waals surface area contributed by atoms with E-state index in [4.69, 9.17) is 5.73 Å². The number of pyridine rings is 2. The highest BCUT2D eigenvalue weighted by Crippen LogP contribution is 2.29. The first-order valence-corrected chi connectivity index (χ1v) is 7.12. The third-order valence-corrected chi connectivity index (χ3v) is 3.94. The summed E-state index contributed by atoms with van der Waals surface area (Å²) in [6.07, 6.45) is 7.25. The molecule has 21 heavy (non-hydrogen) atoms. The maximum Gasteiger partial charge on any atom is 0.126 e. The van der Waals surface area contributed by atoms with Gasteiger partial charge in [-0.25, -0.2) is 4.98 Å². The molecule has 6 heteroatoms. The van der Waals surface area contributed by atoms with E-state index < -0.39 is 0 Å². The summed E-state index contributed by atoms with van der Waals surface area (Å²) in [5, 5.41) is 10.4. The van der Waals surface area contributed by atoms with Gasteiger partial charge in [-0.05, 0) is 31.4 Å². The summed E-state index contributed by atoms with van der Waals surface area (Å²) in [6, 6.07) is 6.29. The molecule has 0 aliphatic heterocycles. The van der Waals surface area contributed by atoms with E-state index in [1.54, 1.807) is 6.20 Å². The average Bonchev–Trinajstić information content (AvgIpc) is 2.96. The van der Waals surface area contributed by atoms with Crippen molar-refractivity contribution in [3.05, 3.63) is 30.6 Å². The molecule has 1 fully saturated rings. The Bertz CT molecular complexity index is 776. The molecule has 0 atom stereocenters. The largest absolute Gasteiger partial charge is 0.384 e. The van der Waals surface area contributed by atoms with Gasteiger partial charge in [-0.3, -0.25) is 10.1 Å². The van der Waals surface area contributed by atoms with Gasteiger partial charge in [0.2, 0.25) is 0 Å². The number of nitrogens with two attached hydrogens (primary N) is 1. The van der Waals surface area contributed by atoms with Crippen LogP contribution in [0.1, 0.15) is 19.3 Å². The number of nitrogen functional groups attached to an aromatic ring is 1. The molecule has 3 aromatic rings. The molecule has 0 radical (unpaired) electrons. The summed E-state index contributed by atoms with van der Waals surface area (Å²) < 4.78 is 0. The number of hydrogen-bond acceptors (Lipinski definition) is 5. The van der Waals surface area contributed by atoms with Gasteiger partial charge in [0.15, 0.2) is 0 Å². The van der Waals surface area contributed by atoms with Crippen molar-refractivity contribution in [3.8, 4) is 11.3 Å². The van der Waals surface area contributed by atoms with E-state index in [9.17, 15) is 0 Å². The van der Waals surface area contributed by atoms with Crippen molar-refractivity contribution in [2.75, 3.05) is 11.1 Å². The SMILES string of the molecule is Nc1cc(NC2CCC2)c2ncc(-c3ccn[nH]3)cc2n1. The van der Waals surface area contributed by atoms with E-state index in [0.717, 1.165) is 28.0 Å². The van der Waals surface area contributed by atoms with Crippen molar-refractivity contribution in [1.29, 1.82) is 0 Å². The summed E-state index contributed by atoms with van der Waals surface area (Å²) in [7, 11) is 0. The Morgan fingerprint density at radius 3 is 2.90 bits per heavy atom. The van der Waals surface area contributed by atoms with Gasteiger partial charge in [0.25, 0.3) is 0 Å². The molecule has 106 valence electrons. The van der Waals surface area contributed by atoms with E-state index in [1.165, 1.54) is 19.3 Å². The minimum Gasteiger partial charge on any atom is -0.384 e. The first-order valence-electron chi connectivity index (χ1n) is 7.12. The predicted octanol–water partition coefficient (Wildman–Crippen LogP) is 2.57. The lowest BCUT2D eigenvalue weighted by atomic mass is 9.93. The maximum absolute atomic E-state index is 5.93. The molecule has 0 bridgehead atoms. The van der Waals surface area contributed by atoms with Crippen molar-refractivity contribution < 1.29 is 0 Å². The number of fused-ring (bicyclic) bond motifs is 1. The molecule has 4 rings (SSSR count). The van der Waals surface area contributed by atoms with Gasteiger partial charge in [-0.1, -0.05) is 0 Å². The van der Waals surface area contributed by atoms with Gasteiger partial charge < -0.3 is 11.1 Å². The number of anilines is 2. The monoisotopic (exact) mass is 280 g/mol. The highest BCUT2D eigenvalue weighted by Gasteiger charge is 2.18. The molecule has 1 aliphatic rings. The summed E-state index contributed by atoms with van der Waals surface area (Å²) in [5.74, 6) is 0.507. The fourth-order valence-corrected chi connectivity index (χ4v) is 2.58. The molecule has 1 saturated carbocycles. The molecule has 4 N–H and O–H groups in total. The second-order valence-electron chi connectivity index (χ2n) is 5.43. The van der Waals surface area contributed by atoms with E-state index in [-0.39, 0.29) is 0 Å². The Hall–Kier alpha value is -2.63. The summed E-state index contributed by atoms with van der Waals surface area (Å²) in [5.41, 5.74) is 10.4. The summed E-state index contributed by atoms with van der Waals surface area (Å²) >= 11 is 0. The van der Waals surface area contributed by atoms with Crippen LogP contribution in [-0.2, 0) is 0 Å². The van der Waals surface area contributed by atoms with Crippen molar-refractivity contribution in [1.82, 2.24) is 20.2 Å². The van der Waals surface area contributed by atoms with Crippen LogP contribution in [0.2, 0.25) is 0 Å². The number of H-pyrrole nitrogens is 1. The highest BCUT2D eigenvalue weighted by atomic mass is 15.1. The van der Waals surface area contributed by atoms with Crippen molar-refractivity contribution in [2.24, 2.45) is 0 Å². The molecule has 0 aromatic carbocycles. The lowest BCUT2D eigenvalue weighted by molar-refractivity contribution is 0.446. The lowest BCUT2D eigenvalue weighted by Gasteiger charge is -2.27. The average molecular weight is 280 g/mol. The van der Waals surface area contributed by atoms with Gasteiger partial charge in [0, 0.05) is 30.1 Å². The number of nitrogens with one attached hydrogen (secondary N) is 2. The number of hydrogen-bond donors (Lipinski definition) is 3. The van der Waals surface area contributed by atoms with Crippen LogP contribution in [0.15, 0.2) is 30.6 Å². The smallest absolute Gasteiger partial charge is 0.126 e. The topological polar surface area (TPSA) is 92.5 Å². The molecular formula is C15H16N6. The molecule has 3 aromatic heterocycles. The van der Waals surface area contributed by atoms with Crippen molar-refractivity contribution in [2.45, 2.75) is 25.3 Å². The fourth-order valence-electron chi connectivity index (χ4n) is 2.58. The Balaban J connectivity index is 1.80. The van der Waals surface area contributed by atoms with Crippen LogP contribution < -0.4 is 11.1 Å². The minimum absolute atomic E-state index is 0.507. The van der Waals surface area contributed by atoms with Crippen LogP contribution >= 0.6 is 0 Å². The van der Waals surface area contributed by atoms with E-state index >= 15 is 0 Å². The number of aromatic nitrogens is 4. The zero-order chi connectivity index (χ0) is 14.2. The van der Waals surface area contributed by atoms with E-state index in [0.29, 0.717) is 11.9 Å². The lowest BCUT2D eigenvalue weighted by Crippen LogP contribution is -2.27. The maximum atomic E-state index is 5.93. The Morgan fingerprint density at radius 2 is 2.19 bits per heavy atom. The Morgan fingerprint density at radius 1 is 1.29 bits per heavy atom. The van der Waals surface area contributed by atoms with Gasteiger partial charge in [-0.2, -0.15) is 5.10 Å². The van der Waals surface area contributed by atoms with E-state index in [1.807, 2.05) is 24.4 Å². The Labute approximate surface area is 121 Å². The highest BCUT2D eigenvalue weighted by molar-refractivity contribution is 5.91. The van der Waals surface area contributed by atoms with Crippen LogP contribution in [0.25, 0.3) is 22.3 Å². The summed E-state index contributed by atoms with van der Waals surface area (Å²) in [6.45, 7) is 0. The first kappa shape index (κ1) is 12.1.